The molecule has 6 nitrogen and oxygen atoms in total. The van der Waals surface area contributed by atoms with Crippen LogP contribution in [0.25, 0.3) is 0 Å². The molecular formula is C21H15BrF3N5O. The standard InChI is InChI=1S/C21H15BrF3N5O/c22-16-11-26-19(27-12-16)29-20(21(23,24)25)18(31)30(13-14-7-3-1-4-8-14)17(28-20)15-9-5-2-6-10-15/h1-12H,13H2,(H,26,27,29)/t20-/m0/s1. The summed E-state index contributed by atoms with van der Waals surface area (Å²) in [4.78, 5) is 25.9. The summed E-state index contributed by atoms with van der Waals surface area (Å²) in [6.07, 6.45) is -2.49. The number of anilines is 1. The molecule has 1 N–H and O–H groups in total. The second-order valence-corrected chi connectivity index (χ2v) is 7.65. The molecule has 0 saturated carbocycles. The Kier molecular flexibility index (Phi) is 5.48. The van der Waals surface area contributed by atoms with Gasteiger partial charge in [0.1, 0.15) is 5.84 Å². The number of hydrogen-bond donors (Lipinski definition) is 1. The van der Waals surface area contributed by atoms with Gasteiger partial charge in [-0.2, -0.15) is 13.2 Å². The van der Waals surface area contributed by atoms with Crippen LogP contribution in [0.4, 0.5) is 19.1 Å². The summed E-state index contributed by atoms with van der Waals surface area (Å²) in [6.45, 7) is -0.0753. The third-order valence-corrected chi connectivity index (χ3v) is 5.03. The summed E-state index contributed by atoms with van der Waals surface area (Å²) in [7, 11) is 0. The van der Waals surface area contributed by atoms with Crippen LogP contribution in [0.2, 0.25) is 0 Å². The number of aliphatic imine (C=N–C) groups is 1. The Hall–Kier alpha value is -3.27. The van der Waals surface area contributed by atoms with Gasteiger partial charge in [0, 0.05) is 18.0 Å². The van der Waals surface area contributed by atoms with E-state index in [0.717, 1.165) is 4.90 Å². The molecule has 1 amide bonds. The van der Waals surface area contributed by atoms with Gasteiger partial charge in [0.05, 0.1) is 11.0 Å². The lowest BCUT2D eigenvalue weighted by Crippen LogP contribution is -2.58. The Balaban J connectivity index is 1.83. The second-order valence-electron chi connectivity index (χ2n) is 6.74. The first-order chi connectivity index (χ1) is 14.8. The molecule has 2 aromatic carbocycles. The number of nitrogens with one attached hydrogen (secondary N) is 1. The Morgan fingerprint density at radius 1 is 0.968 bits per heavy atom. The quantitative estimate of drug-likeness (QED) is 0.576. The third-order valence-electron chi connectivity index (χ3n) is 4.62. The minimum Gasteiger partial charge on any atom is -0.314 e. The van der Waals surface area contributed by atoms with Crippen LogP contribution >= 0.6 is 15.9 Å². The van der Waals surface area contributed by atoms with Crippen molar-refractivity contribution in [3.8, 4) is 0 Å². The number of hydrogen-bond acceptors (Lipinski definition) is 5. The fourth-order valence-electron chi connectivity index (χ4n) is 3.15. The number of carbonyl (C=O) groups excluding carboxylic acids is 1. The molecule has 4 rings (SSSR count). The van der Waals surface area contributed by atoms with Gasteiger partial charge < -0.3 is 5.32 Å². The summed E-state index contributed by atoms with van der Waals surface area (Å²) in [5, 5.41) is 2.14. The second kappa shape index (κ2) is 8.10. The van der Waals surface area contributed by atoms with Gasteiger partial charge in [-0.3, -0.25) is 9.69 Å². The average Bonchev–Trinajstić information content (AvgIpc) is 3.04. The smallest absolute Gasteiger partial charge is 0.314 e. The largest absolute Gasteiger partial charge is 0.442 e. The van der Waals surface area contributed by atoms with Crippen molar-refractivity contribution in [3.05, 3.63) is 88.7 Å². The molecule has 0 aliphatic carbocycles. The van der Waals surface area contributed by atoms with E-state index in [9.17, 15) is 18.0 Å². The molecule has 3 aromatic rings. The van der Waals surface area contributed by atoms with E-state index in [0.29, 0.717) is 15.6 Å². The molecule has 0 bridgehead atoms. The minimum atomic E-state index is -5.05. The number of amidine groups is 1. The first-order valence-corrected chi connectivity index (χ1v) is 9.93. The maximum absolute atomic E-state index is 14.4. The summed E-state index contributed by atoms with van der Waals surface area (Å²) < 4.78 is 43.5. The molecule has 1 aliphatic heterocycles. The SMILES string of the molecule is O=C1N(Cc2ccccc2)C(c2ccccc2)=N[C@@]1(Nc1ncc(Br)cn1)C(F)(F)F. The highest BCUT2D eigenvalue weighted by Crippen LogP contribution is 2.40. The Bertz CT molecular complexity index is 1110. The first kappa shape index (κ1) is 21.0. The molecule has 0 spiro atoms. The molecule has 1 atom stereocenters. The first-order valence-electron chi connectivity index (χ1n) is 9.14. The van der Waals surface area contributed by atoms with Crippen LogP contribution in [0.5, 0.6) is 0 Å². The summed E-state index contributed by atoms with van der Waals surface area (Å²) >= 11 is 3.13. The van der Waals surface area contributed by atoms with Crippen molar-refractivity contribution < 1.29 is 18.0 Å². The van der Waals surface area contributed by atoms with Crippen LogP contribution in [0, 0.1) is 0 Å². The van der Waals surface area contributed by atoms with Gasteiger partial charge in [-0.1, -0.05) is 60.7 Å². The van der Waals surface area contributed by atoms with Crippen molar-refractivity contribution in [1.29, 1.82) is 0 Å². The Labute approximate surface area is 184 Å². The molecule has 0 saturated heterocycles. The molecule has 0 radical (unpaired) electrons. The van der Waals surface area contributed by atoms with Crippen molar-refractivity contribution in [3.63, 3.8) is 0 Å². The van der Waals surface area contributed by atoms with E-state index in [-0.39, 0.29) is 18.3 Å². The van der Waals surface area contributed by atoms with Crippen LogP contribution in [0.3, 0.4) is 0 Å². The third kappa shape index (κ3) is 4.02. The highest BCUT2D eigenvalue weighted by atomic mass is 79.9. The lowest BCUT2D eigenvalue weighted by atomic mass is 10.1. The number of benzene rings is 2. The summed E-state index contributed by atoms with van der Waals surface area (Å²) in [5.74, 6) is -1.71. The van der Waals surface area contributed by atoms with Crippen molar-refractivity contribution in [2.45, 2.75) is 18.4 Å². The zero-order chi connectivity index (χ0) is 22.1. The molecule has 31 heavy (non-hydrogen) atoms. The maximum atomic E-state index is 14.4. The molecule has 10 heteroatoms. The summed E-state index contributed by atoms with van der Waals surface area (Å²) in [5.41, 5.74) is -2.20. The van der Waals surface area contributed by atoms with Gasteiger partial charge in [-0.05, 0) is 21.5 Å². The molecular weight excluding hydrogens is 475 g/mol. The van der Waals surface area contributed by atoms with Crippen molar-refractivity contribution in [2.24, 2.45) is 4.99 Å². The van der Waals surface area contributed by atoms with Crippen LogP contribution in [-0.2, 0) is 11.3 Å². The van der Waals surface area contributed by atoms with E-state index in [4.69, 9.17) is 0 Å². The lowest BCUT2D eigenvalue weighted by Gasteiger charge is -2.29. The zero-order valence-electron chi connectivity index (χ0n) is 15.8. The number of rotatable bonds is 5. The maximum Gasteiger partial charge on any atom is 0.442 e. The fraction of sp³-hybridized carbons (Fsp3) is 0.143. The Morgan fingerprint density at radius 2 is 1.55 bits per heavy atom. The van der Waals surface area contributed by atoms with Crippen molar-refractivity contribution >= 4 is 33.6 Å². The van der Waals surface area contributed by atoms with E-state index >= 15 is 0 Å². The fourth-order valence-corrected chi connectivity index (χ4v) is 3.36. The van der Waals surface area contributed by atoms with E-state index < -0.39 is 17.7 Å². The summed E-state index contributed by atoms with van der Waals surface area (Å²) in [6, 6.07) is 17.0. The van der Waals surface area contributed by atoms with Crippen molar-refractivity contribution in [1.82, 2.24) is 14.9 Å². The number of alkyl halides is 3. The van der Waals surface area contributed by atoms with Crippen LogP contribution < -0.4 is 5.32 Å². The van der Waals surface area contributed by atoms with Crippen molar-refractivity contribution in [2.75, 3.05) is 5.32 Å². The number of aromatic nitrogens is 2. The highest BCUT2D eigenvalue weighted by molar-refractivity contribution is 9.10. The van der Waals surface area contributed by atoms with Gasteiger partial charge in [0.25, 0.3) is 5.91 Å². The molecule has 0 unspecified atom stereocenters. The number of amides is 1. The van der Waals surface area contributed by atoms with Gasteiger partial charge in [-0.25, -0.2) is 15.0 Å². The van der Waals surface area contributed by atoms with E-state index in [2.05, 4.69) is 36.2 Å². The van der Waals surface area contributed by atoms with Crippen LogP contribution in [-0.4, -0.2) is 38.4 Å². The average molecular weight is 490 g/mol. The molecule has 1 aliphatic rings. The zero-order valence-corrected chi connectivity index (χ0v) is 17.4. The lowest BCUT2D eigenvalue weighted by molar-refractivity contribution is -0.185. The Morgan fingerprint density at radius 3 is 2.13 bits per heavy atom. The highest BCUT2D eigenvalue weighted by Gasteiger charge is 2.66. The van der Waals surface area contributed by atoms with Crippen LogP contribution in [0.1, 0.15) is 11.1 Å². The van der Waals surface area contributed by atoms with E-state index in [1.165, 1.54) is 12.4 Å². The van der Waals surface area contributed by atoms with Gasteiger partial charge >= 0.3 is 11.8 Å². The number of carbonyl (C=O) groups is 1. The van der Waals surface area contributed by atoms with Crippen LogP contribution in [0.15, 0.2) is 82.5 Å². The topological polar surface area (TPSA) is 70.5 Å². The molecule has 0 fully saturated rings. The van der Waals surface area contributed by atoms with Gasteiger partial charge in [0.15, 0.2) is 0 Å². The predicted octanol–water partition coefficient (Wildman–Crippen LogP) is 4.40. The normalized spacial score (nSPS) is 18.8. The predicted molar refractivity (Wildman–Crippen MR) is 112 cm³/mol. The van der Waals surface area contributed by atoms with Gasteiger partial charge in [-0.15, -0.1) is 0 Å². The van der Waals surface area contributed by atoms with E-state index in [1.807, 2.05) is 0 Å². The molecule has 1 aromatic heterocycles. The van der Waals surface area contributed by atoms with Gasteiger partial charge in [0.2, 0.25) is 5.95 Å². The number of halogens is 4. The molecule has 158 valence electrons. The van der Waals surface area contributed by atoms with E-state index in [1.54, 1.807) is 60.7 Å². The molecule has 2 heterocycles. The monoisotopic (exact) mass is 489 g/mol. The number of nitrogens with zero attached hydrogens (tertiary/aromatic N) is 4. The minimum absolute atomic E-state index is 0.0753.